The Kier molecular flexibility index (Phi) is 24.6. The van der Waals surface area contributed by atoms with E-state index in [9.17, 15) is 61.5 Å². The Morgan fingerprint density at radius 3 is 1.18 bits per heavy atom. The van der Waals surface area contributed by atoms with Crippen LogP contribution in [-0.4, -0.2) is 30.4 Å². The van der Waals surface area contributed by atoms with Crippen molar-refractivity contribution in [2.75, 3.05) is 13.2 Å². The average Bonchev–Trinajstić information content (AvgIpc) is 3.34. The zero-order chi connectivity index (χ0) is 54.2. The van der Waals surface area contributed by atoms with Gasteiger partial charge in [0.15, 0.2) is 34.9 Å². The first-order valence-electron chi connectivity index (χ1n) is 22.8. The Hall–Kier alpha value is -3.31. The van der Waals surface area contributed by atoms with E-state index in [4.69, 9.17) is 19.5 Å². The monoisotopic (exact) mass is 1290 g/mol. The second kappa shape index (κ2) is 28.7. The van der Waals surface area contributed by atoms with E-state index in [1.807, 2.05) is 12.1 Å². The molecular formula is C52H46BBrF14IKO6. The van der Waals surface area contributed by atoms with E-state index >= 15 is 0 Å². The zero-order valence-electron chi connectivity index (χ0n) is 41.4. The van der Waals surface area contributed by atoms with Gasteiger partial charge in [0.05, 0.1) is 25.4 Å². The molecule has 0 saturated carbocycles. The summed E-state index contributed by atoms with van der Waals surface area (Å²) in [4.78, 5) is 0. The molecule has 4 unspecified atom stereocenters. The number of rotatable bonds is 12. The maximum atomic E-state index is 14.6. The largest absolute Gasteiger partial charge is 1.00 e. The molecule has 76 heavy (non-hydrogen) atoms. The first-order valence-corrected chi connectivity index (χ1v) is 23.6. The molecule has 0 spiro atoms. The molecule has 24 heteroatoms. The minimum Gasteiger partial charge on any atom is -1.00 e. The van der Waals surface area contributed by atoms with Crippen molar-refractivity contribution in [1.82, 2.24) is 0 Å². The molecule has 6 aromatic rings. The molecule has 0 amide bonds. The second-order valence-electron chi connectivity index (χ2n) is 17.2. The molecule has 8 rings (SSSR count). The maximum Gasteiger partial charge on any atom is 1.00 e. The van der Waals surface area contributed by atoms with E-state index in [1.165, 1.54) is 12.8 Å². The van der Waals surface area contributed by atoms with Crippen LogP contribution in [-0.2, 0) is 21.7 Å². The van der Waals surface area contributed by atoms with Crippen molar-refractivity contribution in [3.05, 3.63) is 182 Å². The summed E-state index contributed by atoms with van der Waals surface area (Å²) in [5, 5.41) is 18.0. The Labute approximate surface area is 497 Å². The Morgan fingerprint density at radius 1 is 0.526 bits per heavy atom. The molecule has 4 atom stereocenters. The van der Waals surface area contributed by atoms with Gasteiger partial charge < -0.3 is 30.4 Å². The molecule has 2 heterocycles. The molecule has 2 N–H and O–H groups in total. The summed E-state index contributed by atoms with van der Waals surface area (Å²) in [6, 6.07) is 17.1. The van der Waals surface area contributed by atoms with Crippen molar-refractivity contribution in [2.24, 2.45) is 11.8 Å². The number of alkyl halides is 4. The smallest absolute Gasteiger partial charge is 1.00 e. The third kappa shape index (κ3) is 16.9. The first-order chi connectivity index (χ1) is 34.9. The van der Waals surface area contributed by atoms with E-state index in [0.717, 1.165) is 43.4 Å². The normalized spacial score (nSPS) is 17.4. The summed E-state index contributed by atoms with van der Waals surface area (Å²) in [6.07, 6.45) is -2.75. The Morgan fingerprint density at radius 2 is 0.868 bits per heavy atom. The summed E-state index contributed by atoms with van der Waals surface area (Å²) >= 11 is 2.70. The van der Waals surface area contributed by atoms with Gasteiger partial charge >= 0.3 is 70.7 Å². The van der Waals surface area contributed by atoms with Crippen LogP contribution in [0.5, 0.6) is 11.5 Å². The van der Waals surface area contributed by atoms with Gasteiger partial charge in [0.25, 0.3) is 0 Å². The van der Waals surface area contributed by atoms with Gasteiger partial charge in [-0.1, -0.05) is 91.1 Å². The molecule has 2 saturated heterocycles. The molecule has 0 radical (unpaired) electrons. The predicted octanol–water partition coefficient (Wildman–Crippen LogP) is 12.3. The van der Waals surface area contributed by atoms with Crippen LogP contribution in [0.25, 0.3) is 11.1 Å². The topological polar surface area (TPSA) is 77.4 Å². The molecule has 6 nitrogen and oxygen atoms in total. The number of benzene rings is 6. The van der Waals surface area contributed by atoms with Crippen LogP contribution in [0.2, 0.25) is 0 Å². The van der Waals surface area contributed by atoms with Gasteiger partial charge in [-0.05, 0) is 89.5 Å². The quantitative estimate of drug-likeness (QED) is 0.0550. The van der Waals surface area contributed by atoms with Gasteiger partial charge in [0.2, 0.25) is 0 Å². The van der Waals surface area contributed by atoms with Crippen molar-refractivity contribution in [2.45, 2.75) is 76.8 Å². The third-order valence-electron chi connectivity index (χ3n) is 12.2. The van der Waals surface area contributed by atoms with E-state index < -0.39 is 100 Å². The fraction of sp³-hybridized carbons (Fsp3) is 0.308. The predicted molar refractivity (Wildman–Crippen MR) is 264 cm³/mol. The second-order valence-corrected chi connectivity index (χ2v) is 18.1. The standard InChI is InChI=1S/C26H21F7O2.C13H19BO3.C13H4BrF7O.HI.K.H/c1-2-14-3-8-23(34-13-14)16-6-4-15(5-7-16)17-9-19(27)24(20(28)10-17)26(32,33)35-18-11-21(29)25(31)22(30)12-18;1-2-10-3-8-13(17-9-10)11-4-6-12(7-5-11)14(15)16;14-5-1-7(15)11(8(16)2-5)13(20,21)22-6-3-9(17)12(19)10(18)4-6;;;/h4-7,9-12,14,23H,2-3,8,13H2,1H3;4-7,10,13,15-16H,2-3,8-9H2,1H3;1-4H;1H;;/q;;;;+1;-1. The summed E-state index contributed by atoms with van der Waals surface area (Å²) in [7, 11) is -1.39. The molecule has 2 aliphatic heterocycles. The van der Waals surface area contributed by atoms with E-state index in [-0.39, 0.29) is 123 Å². The van der Waals surface area contributed by atoms with Crippen molar-refractivity contribution >= 4 is 52.5 Å². The van der Waals surface area contributed by atoms with Crippen LogP contribution in [0.15, 0.2) is 102 Å². The van der Waals surface area contributed by atoms with Crippen LogP contribution < -0.4 is 66.3 Å². The van der Waals surface area contributed by atoms with Crippen molar-refractivity contribution in [3.8, 4) is 22.6 Å². The number of ether oxygens (including phenoxy) is 4. The fourth-order valence-electron chi connectivity index (χ4n) is 7.97. The molecule has 0 aliphatic carbocycles. The third-order valence-corrected chi connectivity index (χ3v) is 12.6. The van der Waals surface area contributed by atoms with Gasteiger partial charge in [-0.2, -0.15) is 17.6 Å². The van der Waals surface area contributed by atoms with Crippen LogP contribution in [0.4, 0.5) is 61.5 Å². The van der Waals surface area contributed by atoms with Crippen LogP contribution >= 0.6 is 39.9 Å². The van der Waals surface area contributed by atoms with Gasteiger partial charge in [0, 0.05) is 28.7 Å². The summed E-state index contributed by atoms with van der Waals surface area (Å²) < 4.78 is 211. The molecule has 0 aromatic heterocycles. The fourth-order valence-corrected chi connectivity index (χ4v) is 8.38. The molecule has 2 aliphatic rings. The van der Waals surface area contributed by atoms with E-state index in [2.05, 4.69) is 39.3 Å². The summed E-state index contributed by atoms with van der Waals surface area (Å²) in [5.41, 5.74) is -0.558. The van der Waals surface area contributed by atoms with Crippen LogP contribution in [0.3, 0.4) is 0 Å². The van der Waals surface area contributed by atoms with Crippen molar-refractivity contribution in [3.63, 3.8) is 0 Å². The summed E-state index contributed by atoms with van der Waals surface area (Å²) in [6.45, 7) is 5.81. The minimum atomic E-state index is -4.64. The first kappa shape index (κ1) is 65.2. The minimum absolute atomic E-state index is 0. The number of halogens is 16. The molecule has 6 aromatic carbocycles. The van der Waals surface area contributed by atoms with Gasteiger partial charge in [-0.25, -0.2) is 43.9 Å². The van der Waals surface area contributed by atoms with E-state index in [0.29, 0.717) is 53.7 Å². The van der Waals surface area contributed by atoms with Gasteiger partial charge in [-0.3, -0.25) is 0 Å². The molecule has 2 fully saturated rings. The molecule has 0 bridgehead atoms. The Balaban J connectivity index is 0.000000321. The SMILES string of the molecule is CCC1CCC(c2ccc(-c3cc(F)c(C(F)(F)Oc4cc(F)c(F)c(F)c4)c(F)c3)cc2)OC1.CCC1CCC(c2ccc(B(O)O)cc2)OC1.Fc1cc(OC(F)(F)c2c(F)cc(Br)cc2F)cc(F)c1F.I.[H-].[K+]. The van der Waals surface area contributed by atoms with Gasteiger partial charge in [0.1, 0.15) is 45.9 Å². The van der Waals surface area contributed by atoms with E-state index in [1.54, 1.807) is 36.4 Å². The molecule has 406 valence electrons. The number of hydrogen-bond acceptors (Lipinski definition) is 6. The van der Waals surface area contributed by atoms with Gasteiger partial charge in [-0.15, -0.1) is 24.0 Å². The zero-order valence-corrected chi connectivity index (χ0v) is 47.4. The Bertz CT molecular complexity index is 2790. The summed E-state index contributed by atoms with van der Waals surface area (Å²) in [5.74, 6) is -18.5. The maximum absolute atomic E-state index is 14.6. The average molecular weight is 1290 g/mol. The van der Waals surface area contributed by atoms with Crippen LogP contribution in [0.1, 0.15) is 88.3 Å². The van der Waals surface area contributed by atoms with Crippen LogP contribution in [0, 0.1) is 70.0 Å². The van der Waals surface area contributed by atoms with Crippen molar-refractivity contribution in [1.29, 1.82) is 0 Å². The molecular weight excluding hydrogens is 1240 g/mol. The number of hydrogen-bond donors (Lipinski definition) is 2. The van der Waals surface area contributed by atoms with Crippen molar-refractivity contribution < 1.29 is 143 Å².